The van der Waals surface area contributed by atoms with Crippen LogP contribution in [0.4, 0.5) is 0 Å². The van der Waals surface area contributed by atoms with Crippen LogP contribution in [0.1, 0.15) is 127 Å². The van der Waals surface area contributed by atoms with E-state index < -0.39 is 77.3 Å². The highest BCUT2D eigenvalue weighted by atomic mass is 16.6. The monoisotopic (exact) mass is 1190 g/mol. The average molecular weight is 1200 g/mol. The van der Waals surface area contributed by atoms with Crippen LogP contribution in [0.3, 0.4) is 0 Å². The molecule has 1 atom stereocenters. The van der Waals surface area contributed by atoms with Gasteiger partial charge in [0.1, 0.15) is 23.1 Å². The van der Waals surface area contributed by atoms with E-state index in [0.717, 1.165) is 17.1 Å². The van der Waals surface area contributed by atoms with Crippen LogP contribution in [0.2, 0.25) is 0 Å². The van der Waals surface area contributed by atoms with Crippen molar-refractivity contribution < 1.29 is 87.4 Å². The van der Waals surface area contributed by atoms with Crippen molar-refractivity contribution in [3.05, 3.63) is 71.8 Å². The SMILES string of the molecule is CC(=O)N(O)CCCCCNC(=O)CCC(=O)N(O)CCCCCNC(=O)CCC(=O)N(O)CCCCCNC(=O)COc1cccc(C(=O)NCC(=O)N[C@@H](Cc2ccc(OCC(=O)NCCN3C(=O)C=CC3=O)cc2)C(=O)OC(C)(C)C)c1. The normalized spacial score (nSPS) is 12.1. The number of nitrogens with one attached hydrogen (secondary N) is 6. The van der Waals surface area contributed by atoms with Crippen molar-refractivity contribution in [1.82, 2.24) is 52.0 Å². The quantitative estimate of drug-likeness (QED) is 0.0150. The van der Waals surface area contributed by atoms with Crippen LogP contribution in [0.15, 0.2) is 60.7 Å². The Kier molecular flexibility index (Phi) is 31.9. The molecule has 1 heterocycles. The fraction of sp³-hybridized carbons (Fsp3) is 0.544. The van der Waals surface area contributed by atoms with Gasteiger partial charge in [0.05, 0.1) is 6.54 Å². The van der Waals surface area contributed by atoms with Gasteiger partial charge < -0.3 is 46.1 Å². The first-order valence-corrected chi connectivity index (χ1v) is 28.2. The van der Waals surface area contributed by atoms with Gasteiger partial charge >= 0.3 is 5.97 Å². The summed E-state index contributed by atoms with van der Waals surface area (Å²) in [5.74, 6) is -5.73. The van der Waals surface area contributed by atoms with Crippen LogP contribution in [-0.4, -0.2) is 190 Å². The van der Waals surface area contributed by atoms with Crippen LogP contribution >= 0.6 is 0 Å². The smallest absolute Gasteiger partial charge is 0.329 e. The minimum atomic E-state index is -1.15. The predicted molar refractivity (Wildman–Crippen MR) is 302 cm³/mol. The first-order valence-electron chi connectivity index (χ1n) is 28.2. The maximum absolute atomic E-state index is 13.2. The molecule has 1 aliphatic rings. The highest BCUT2D eigenvalue weighted by Crippen LogP contribution is 2.17. The number of carbonyl (C=O) groups excluding carboxylic acids is 12. The zero-order valence-electron chi connectivity index (χ0n) is 48.8. The van der Waals surface area contributed by atoms with Gasteiger partial charge in [-0.25, -0.2) is 20.0 Å². The Morgan fingerprint density at radius 1 is 0.553 bits per heavy atom. The Bertz CT molecular complexity index is 2590. The number of nitrogens with zero attached hydrogens (tertiary/aromatic N) is 4. The zero-order chi connectivity index (χ0) is 62.7. The zero-order valence-corrected chi connectivity index (χ0v) is 48.8. The Morgan fingerprint density at radius 2 is 1.04 bits per heavy atom. The maximum Gasteiger partial charge on any atom is 0.329 e. The average Bonchev–Trinajstić information content (AvgIpc) is 3.82. The first kappa shape index (κ1) is 70.8. The summed E-state index contributed by atoms with van der Waals surface area (Å²) in [4.78, 5) is 148. The minimum Gasteiger partial charge on any atom is -0.484 e. The van der Waals surface area contributed by atoms with E-state index >= 15 is 0 Å². The number of unbranched alkanes of at least 4 members (excludes halogenated alkanes) is 6. The Morgan fingerprint density at radius 3 is 1.54 bits per heavy atom. The topological polar surface area (TPSA) is 378 Å². The number of ether oxygens (including phenoxy) is 3. The number of hydrogen-bond acceptors (Lipinski definition) is 18. The lowest BCUT2D eigenvalue weighted by atomic mass is 10.1. The van der Waals surface area contributed by atoms with E-state index in [4.69, 9.17) is 14.2 Å². The number of carbonyl (C=O) groups is 12. The molecule has 0 aliphatic carbocycles. The number of hydroxylamine groups is 6. The summed E-state index contributed by atoms with van der Waals surface area (Å²) < 4.78 is 16.6. The summed E-state index contributed by atoms with van der Waals surface area (Å²) in [6.45, 7) is 6.34. The Balaban J connectivity index is 1.24. The van der Waals surface area contributed by atoms with Crippen LogP contribution in [0.5, 0.6) is 11.5 Å². The Hall–Kier alpha value is -8.50. The van der Waals surface area contributed by atoms with Crippen molar-refractivity contribution in [2.24, 2.45) is 0 Å². The Labute approximate surface area is 493 Å². The van der Waals surface area contributed by atoms with Gasteiger partial charge in [-0.3, -0.25) is 73.3 Å². The minimum absolute atomic E-state index is 0.00557. The number of hydrogen-bond donors (Lipinski definition) is 9. The van der Waals surface area contributed by atoms with Crippen molar-refractivity contribution in [1.29, 1.82) is 0 Å². The highest BCUT2D eigenvalue weighted by Gasteiger charge is 2.28. The molecule has 0 spiro atoms. The number of benzene rings is 2. The molecule has 1 aliphatic heterocycles. The molecular formula is C57H82N10O18. The molecule has 3 rings (SSSR count). The van der Waals surface area contributed by atoms with E-state index in [9.17, 15) is 73.2 Å². The number of imide groups is 1. The number of rotatable bonds is 40. The highest BCUT2D eigenvalue weighted by molar-refractivity contribution is 6.12. The lowest BCUT2D eigenvalue weighted by Gasteiger charge is -2.25. The molecule has 468 valence electrons. The van der Waals surface area contributed by atoms with Gasteiger partial charge in [-0.2, -0.15) is 0 Å². The second kappa shape index (κ2) is 38.4. The summed E-state index contributed by atoms with van der Waals surface area (Å²) in [6.07, 6.45) is 6.65. The predicted octanol–water partition coefficient (Wildman–Crippen LogP) is 1.38. The van der Waals surface area contributed by atoms with E-state index in [2.05, 4.69) is 31.9 Å². The summed E-state index contributed by atoms with van der Waals surface area (Å²) in [5.41, 5.74) is -0.153. The van der Waals surface area contributed by atoms with Gasteiger partial charge in [0.25, 0.3) is 29.5 Å². The summed E-state index contributed by atoms with van der Waals surface area (Å²) in [5, 5.41) is 47.0. The summed E-state index contributed by atoms with van der Waals surface area (Å²) in [6, 6.07) is 11.2. The molecule has 0 saturated heterocycles. The molecule has 9 N–H and O–H groups in total. The van der Waals surface area contributed by atoms with Gasteiger partial charge in [-0.05, 0) is 114 Å². The largest absolute Gasteiger partial charge is 0.484 e. The molecule has 0 radical (unpaired) electrons. The second-order valence-corrected chi connectivity index (χ2v) is 20.7. The third-order valence-corrected chi connectivity index (χ3v) is 12.4. The van der Waals surface area contributed by atoms with Gasteiger partial charge in [-0.15, -0.1) is 0 Å². The van der Waals surface area contributed by atoms with Gasteiger partial charge in [0.15, 0.2) is 13.2 Å². The van der Waals surface area contributed by atoms with Crippen LogP contribution in [0.25, 0.3) is 0 Å². The summed E-state index contributed by atoms with van der Waals surface area (Å²) >= 11 is 0. The molecule has 85 heavy (non-hydrogen) atoms. The fourth-order valence-electron chi connectivity index (χ4n) is 7.77. The molecule has 0 saturated carbocycles. The van der Waals surface area contributed by atoms with E-state index in [1.807, 2.05) is 0 Å². The van der Waals surface area contributed by atoms with Crippen molar-refractivity contribution in [3.8, 4) is 11.5 Å². The van der Waals surface area contributed by atoms with E-state index in [0.29, 0.717) is 97.4 Å². The van der Waals surface area contributed by atoms with Crippen LogP contribution in [0, 0.1) is 0 Å². The lowest BCUT2D eigenvalue weighted by Crippen LogP contribution is -2.48. The van der Waals surface area contributed by atoms with Crippen molar-refractivity contribution >= 4 is 70.9 Å². The van der Waals surface area contributed by atoms with Gasteiger partial charge in [0, 0.05) is 109 Å². The van der Waals surface area contributed by atoms with Crippen LogP contribution < -0.4 is 41.4 Å². The lowest BCUT2D eigenvalue weighted by molar-refractivity contribution is -0.166. The third-order valence-electron chi connectivity index (χ3n) is 12.4. The van der Waals surface area contributed by atoms with E-state index in [1.165, 1.54) is 31.2 Å². The molecule has 28 heteroatoms. The molecule has 0 unspecified atom stereocenters. The molecule has 28 nitrogen and oxygen atoms in total. The fourth-order valence-corrected chi connectivity index (χ4v) is 7.77. The van der Waals surface area contributed by atoms with E-state index in [-0.39, 0.29) is 108 Å². The molecule has 11 amide bonds. The molecule has 2 aromatic carbocycles. The summed E-state index contributed by atoms with van der Waals surface area (Å²) in [7, 11) is 0. The van der Waals surface area contributed by atoms with Gasteiger partial charge in [0.2, 0.25) is 35.4 Å². The number of amides is 11. The van der Waals surface area contributed by atoms with E-state index in [1.54, 1.807) is 45.0 Å². The molecule has 0 bridgehead atoms. The van der Waals surface area contributed by atoms with Crippen molar-refractivity contribution in [3.63, 3.8) is 0 Å². The first-order chi connectivity index (χ1) is 40.4. The standard InChI is InChI=1S/C57H82N10O18/c1-40(68)65(80)31-11-5-8-27-58-46(69)21-23-53(76)66(81)32-12-6-9-28-59-47(70)22-24-54(77)67(82)33-13-7-10-29-60-49(72)39-84-44-16-14-15-42(36-44)55(78)62-37-48(71)63-45(56(79)85-57(2,3)4)35-41-17-19-43(20-18-41)83-38-50(73)61-30-34-64-51(74)25-26-52(64)75/h14-20,25-26,36,45,80-82H,5-13,21-24,27-35,37-39H2,1-4H3,(H,58,69)(H,59,70)(H,60,72)(H,61,73)(H,62,78)(H,63,71)/t45-/m0/s1. The third kappa shape index (κ3) is 30.6. The number of esters is 1. The van der Waals surface area contributed by atoms with Crippen molar-refractivity contribution in [2.75, 3.05) is 72.1 Å². The maximum atomic E-state index is 13.2. The van der Waals surface area contributed by atoms with Crippen LogP contribution in [-0.2, 0) is 63.9 Å². The molecule has 2 aromatic rings. The second-order valence-electron chi connectivity index (χ2n) is 20.7. The van der Waals surface area contributed by atoms with Crippen molar-refractivity contribution in [2.45, 2.75) is 129 Å². The molecule has 0 fully saturated rings. The molecule has 0 aromatic heterocycles. The van der Waals surface area contributed by atoms with Gasteiger partial charge in [-0.1, -0.05) is 18.2 Å². The molecular weight excluding hydrogens is 1110 g/mol.